The number of rotatable bonds is 15. The fourth-order valence-electron chi connectivity index (χ4n) is 8.90. The number of carbonyl (C=O) groups is 1. The second-order valence-corrected chi connectivity index (χ2v) is 18.4. The number of aromatic hydroxyl groups is 4. The third-order valence-electron chi connectivity index (χ3n) is 13.2. The van der Waals surface area contributed by atoms with Gasteiger partial charge < -0.3 is 134 Å². The molecule has 3 aromatic carbocycles. The second-order valence-electron chi connectivity index (χ2n) is 18.4. The zero-order chi connectivity index (χ0) is 55.0. The Bertz CT molecular complexity index is 2520. The summed E-state index contributed by atoms with van der Waals surface area (Å²) in [5.41, 5.74) is 0.218. The molecule has 0 aromatic heterocycles. The number of hydrogen-bond acceptors (Lipinski definition) is 28. The van der Waals surface area contributed by atoms with Gasteiger partial charge in [-0.2, -0.15) is 0 Å². The molecule has 0 spiro atoms. The van der Waals surface area contributed by atoms with E-state index < -0.39 is 178 Å². The lowest BCUT2D eigenvalue weighted by Crippen LogP contribution is -2.64. The molecule has 3 aromatic rings. The number of ether oxygens (including phenoxy) is 10. The van der Waals surface area contributed by atoms with E-state index in [0.29, 0.717) is 5.56 Å². The number of carbonyl (C=O) groups excluding carboxylic acids is 1. The van der Waals surface area contributed by atoms with Crippen molar-refractivity contribution in [3.05, 3.63) is 77.1 Å². The Labute approximate surface area is 429 Å². The molecule has 5 aliphatic heterocycles. The number of hydrogen-bond donors (Lipinski definition) is 17. The second kappa shape index (κ2) is 23.5. The largest absolute Gasteiger partial charge is 0.508 e. The Hall–Kier alpha value is -5.71. The summed E-state index contributed by atoms with van der Waals surface area (Å²) in [7, 11) is 0. The number of aliphatic hydroxyl groups is 13. The maximum absolute atomic E-state index is 12.9. The molecule has 76 heavy (non-hydrogen) atoms. The van der Waals surface area contributed by atoms with Gasteiger partial charge in [0.25, 0.3) is 0 Å². The highest BCUT2D eigenvalue weighted by Crippen LogP contribution is 2.48. The minimum atomic E-state index is -2.10. The first-order chi connectivity index (χ1) is 36.1. The van der Waals surface area contributed by atoms with Crippen LogP contribution in [-0.4, -0.2) is 235 Å². The van der Waals surface area contributed by atoms with Crippen molar-refractivity contribution in [1.82, 2.24) is 0 Å². The summed E-state index contributed by atoms with van der Waals surface area (Å²) < 4.78 is 57.2. The number of fused-ring (bicyclic) bond motifs is 1. The van der Waals surface area contributed by atoms with Crippen molar-refractivity contribution in [1.29, 1.82) is 0 Å². The van der Waals surface area contributed by atoms with Gasteiger partial charge in [0.1, 0.15) is 114 Å². The van der Waals surface area contributed by atoms with Crippen LogP contribution in [0, 0.1) is 0 Å². The molecular weight excluding hydrogens is 1020 g/mol. The van der Waals surface area contributed by atoms with Crippen LogP contribution in [0.1, 0.15) is 29.7 Å². The third-order valence-corrected chi connectivity index (χ3v) is 13.2. The molecule has 8 rings (SSSR count). The van der Waals surface area contributed by atoms with Gasteiger partial charge in [0.15, 0.2) is 35.7 Å². The zero-order valence-corrected chi connectivity index (χ0v) is 39.7. The molecule has 0 amide bonds. The molecule has 21 unspecified atom stereocenters. The molecule has 28 heteroatoms. The van der Waals surface area contributed by atoms with Gasteiger partial charge in [0.2, 0.25) is 18.9 Å². The molecule has 418 valence electrons. The van der Waals surface area contributed by atoms with Crippen LogP contribution >= 0.6 is 0 Å². The van der Waals surface area contributed by atoms with Crippen LogP contribution in [0.4, 0.5) is 0 Å². The van der Waals surface area contributed by atoms with E-state index in [4.69, 9.17) is 47.4 Å². The van der Waals surface area contributed by atoms with E-state index in [9.17, 15) is 91.6 Å². The maximum Gasteiger partial charge on any atom is 0.331 e. The monoisotopic (exact) mass is 1080 g/mol. The zero-order valence-electron chi connectivity index (χ0n) is 39.7. The number of phenols is 4. The van der Waals surface area contributed by atoms with Crippen molar-refractivity contribution >= 4 is 18.1 Å². The van der Waals surface area contributed by atoms with Crippen LogP contribution in [-0.2, 0) is 38.0 Å². The predicted octanol–water partition coefficient (Wildman–Crippen LogP) is -4.73. The van der Waals surface area contributed by atoms with E-state index >= 15 is 0 Å². The van der Waals surface area contributed by atoms with Crippen LogP contribution in [0.15, 0.2) is 60.4 Å². The van der Waals surface area contributed by atoms with Crippen molar-refractivity contribution in [2.75, 3.05) is 19.8 Å². The highest BCUT2D eigenvalue weighted by molar-refractivity contribution is 5.87. The van der Waals surface area contributed by atoms with Crippen molar-refractivity contribution in [3.63, 3.8) is 0 Å². The topological polar surface area (TPSA) is 453 Å². The molecule has 0 bridgehead atoms. The summed E-state index contributed by atoms with van der Waals surface area (Å²) in [5, 5.41) is 178. The summed E-state index contributed by atoms with van der Waals surface area (Å²) in [6.45, 7) is -1.05. The van der Waals surface area contributed by atoms with Crippen LogP contribution in [0.5, 0.6) is 40.2 Å². The van der Waals surface area contributed by atoms with Gasteiger partial charge in [-0.25, -0.2) is 4.79 Å². The number of esters is 1. The Morgan fingerprint density at radius 3 is 1.70 bits per heavy atom. The molecule has 5 aliphatic rings. The lowest BCUT2D eigenvalue weighted by Gasteiger charge is -2.46. The Morgan fingerprint density at radius 2 is 1.11 bits per heavy atom. The van der Waals surface area contributed by atoms with E-state index in [2.05, 4.69) is 0 Å². The van der Waals surface area contributed by atoms with E-state index in [1.165, 1.54) is 43.3 Å². The molecule has 4 fully saturated rings. The van der Waals surface area contributed by atoms with Gasteiger partial charge in [-0.15, -0.1) is 0 Å². The lowest BCUT2D eigenvalue weighted by atomic mass is 9.96. The van der Waals surface area contributed by atoms with Crippen molar-refractivity contribution < 1.29 is 139 Å². The van der Waals surface area contributed by atoms with E-state index in [1.807, 2.05) is 0 Å². The molecule has 0 saturated carbocycles. The summed E-state index contributed by atoms with van der Waals surface area (Å²) in [6.07, 6.45) is -32.1. The first kappa shape index (κ1) is 56.5. The number of aliphatic hydroxyl groups excluding tert-OH is 13. The Kier molecular flexibility index (Phi) is 17.5. The summed E-state index contributed by atoms with van der Waals surface area (Å²) in [4.78, 5) is 12.9. The van der Waals surface area contributed by atoms with Crippen LogP contribution in [0.2, 0.25) is 0 Å². The number of phenolic OH excluding ortho intramolecular Hbond substituents is 4. The smallest absolute Gasteiger partial charge is 0.331 e. The van der Waals surface area contributed by atoms with Crippen molar-refractivity contribution in [3.8, 4) is 40.2 Å². The first-order valence-electron chi connectivity index (χ1n) is 23.5. The van der Waals surface area contributed by atoms with Gasteiger partial charge in [-0.1, -0.05) is 12.1 Å². The molecule has 21 atom stereocenters. The highest BCUT2D eigenvalue weighted by Gasteiger charge is 2.53. The van der Waals surface area contributed by atoms with Crippen molar-refractivity contribution in [2.45, 2.75) is 136 Å². The average molecular weight is 1080 g/mol. The highest BCUT2D eigenvalue weighted by atomic mass is 16.8. The molecule has 4 saturated heterocycles. The van der Waals surface area contributed by atoms with Crippen LogP contribution in [0.25, 0.3) is 12.2 Å². The standard InChI is InChI=1S/C48H58O28/c1-16-42(75-30(55)7-4-17-2-5-20(6-3-17)68-46-38(63)34(59)32(57)27(13-49)72-46)36(61)40(65)45(67-16)76-44-29(15-51)74-48(41(66)37(44)62)71-26-12-21-24(69-43(26)18-8-22(53)31(56)23(54)9-18)10-19(52)11-25(21)70-47-39(64)35(60)33(58)28(14-50)73-47/h2-12,16,27-29,32-54,56-66H,13-15H2,1H3. The van der Waals surface area contributed by atoms with E-state index in [-0.39, 0.29) is 34.1 Å². The van der Waals surface area contributed by atoms with Gasteiger partial charge in [0.05, 0.1) is 31.5 Å². The first-order valence-corrected chi connectivity index (χ1v) is 23.5. The maximum atomic E-state index is 12.9. The van der Waals surface area contributed by atoms with Crippen molar-refractivity contribution in [2.24, 2.45) is 0 Å². The van der Waals surface area contributed by atoms with E-state index in [1.54, 1.807) is 0 Å². The van der Waals surface area contributed by atoms with Gasteiger partial charge in [0, 0.05) is 23.8 Å². The summed E-state index contributed by atoms with van der Waals surface area (Å²) in [5.74, 6) is -4.78. The molecule has 28 nitrogen and oxygen atoms in total. The minimum Gasteiger partial charge on any atom is -0.508 e. The normalized spacial score (nSPS) is 37.6. The van der Waals surface area contributed by atoms with Gasteiger partial charge in [-0.05, 0) is 48.9 Å². The van der Waals surface area contributed by atoms with Gasteiger partial charge >= 0.3 is 5.97 Å². The number of benzene rings is 3. The lowest BCUT2D eigenvalue weighted by molar-refractivity contribution is -0.354. The fraction of sp³-hybridized carbons (Fsp3) is 0.521. The molecule has 17 N–H and O–H groups in total. The summed E-state index contributed by atoms with van der Waals surface area (Å²) >= 11 is 0. The fourth-order valence-corrected chi connectivity index (χ4v) is 8.90. The van der Waals surface area contributed by atoms with Gasteiger partial charge in [-0.3, -0.25) is 0 Å². The quantitative estimate of drug-likeness (QED) is 0.0386. The summed E-state index contributed by atoms with van der Waals surface area (Å²) in [6, 6.07) is 9.92. The Morgan fingerprint density at radius 1 is 0.579 bits per heavy atom. The SMILES string of the molecule is CC1OC(OC2C(CO)OC(OC3=Cc4c(cc(O)cc4OC4OC(CO)C(O)C(O)C4O)OC3c3cc(O)c(O)c(O)c3)C(O)C2O)C(O)C(O)C1OC(=O)C=Cc1ccc(OC2OC(CO)C(O)C(O)C2O)cc1. The van der Waals surface area contributed by atoms with Crippen LogP contribution in [0.3, 0.4) is 0 Å². The third kappa shape index (κ3) is 11.6. The molecule has 5 heterocycles. The molecule has 0 aliphatic carbocycles. The van der Waals surface area contributed by atoms with Crippen LogP contribution < -0.4 is 14.2 Å². The predicted molar refractivity (Wildman–Crippen MR) is 245 cm³/mol. The van der Waals surface area contributed by atoms with E-state index in [0.717, 1.165) is 30.3 Å². The molecular formula is C48H58O28. The minimum absolute atomic E-state index is 0.0920. The average Bonchev–Trinajstić information content (AvgIpc) is 3.40. The Balaban J connectivity index is 0.936. The molecule has 0 radical (unpaired) electrons.